The minimum Gasteiger partial charge on any atom is -0.243 e. The number of aromatic nitrogens is 1. The maximum Gasteiger partial charge on any atom is 0.419 e. The first kappa shape index (κ1) is 15.9. The summed E-state index contributed by atoms with van der Waals surface area (Å²) in [4.78, 5) is 3.35. The zero-order chi connectivity index (χ0) is 14.7. The van der Waals surface area contributed by atoms with Crippen LogP contribution in [0.3, 0.4) is 0 Å². The molecule has 0 aromatic carbocycles. The molecule has 0 saturated carbocycles. The van der Waals surface area contributed by atoms with E-state index in [-0.39, 0.29) is 12.5 Å². The second kappa shape index (κ2) is 5.87. The first-order valence-electron chi connectivity index (χ1n) is 5.70. The van der Waals surface area contributed by atoms with Gasteiger partial charge in [0.1, 0.15) is 0 Å². The third kappa shape index (κ3) is 4.17. The number of rotatable bonds is 5. The van der Waals surface area contributed by atoms with Crippen molar-refractivity contribution in [1.29, 1.82) is 0 Å². The molecule has 1 unspecified atom stereocenters. The predicted molar refractivity (Wildman–Crippen MR) is 63.9 cm³/mol. The van der Waals surface area contributed by atoms with Crippen molar-refractivity contribution in [3.8, 4) is 0 Å². The quantitative estimate of drug-likeness (QED) is 0.908. The zero-order valence-electron chi connectivity index (χ0n) is 10.5. The SMILES string of the molecule is CCC(C)CNS(=O)(=O)c1ncccc1C(F)(F)F. The zero-order valence-corrected chi connectivity index (χ0v) is 11.3. The molecule has 0 aliphatic carbocycles. The Hall–Kier alpha value is -1.15. The number of hydrogen-bond donors (Lipinski definition) is 1. The Morgan fingerprint density at radius 2 is 2.05 bits per heavy atom. The molecule has 4 nitrogen and oxygen atoms in total. The molecule has 1 heterocycles. The van der Waals surface area contributed by atoms with Gasteiger partial charge in [0.05, 0.1) is 5.56 Å². The fraction of sp³-hybridized carbons (Fsp3) is 0.545. The number of alkyl halides is 3. The van der Waals surface area contributed by atoms with E-state index < -0.39 is 26.8 Å². The molecule has 1 N–H and O–H groups in total. The van der Waals surface area contributed by atoms with Crippen LogP contribution in [0.2, 0.25) is 0 Å². The van der Waals surface area contributed by atoms with E-state index in [2.05, 4.69) is 9.71 Å². The molecule has 0 aliphatic rings. The van der Waals surface area contributed by atoms with Gasteiger partial charge in [-0.2, -0.15) is 13.2 Å². The largest absolute Gasteiger partial charge is 0.419 e. The van der Waals surface area contributed by atoms with E-state index >= 15 is 0 Å². The monoisotopic (exact) mass is 296 g/mol. The normalized spacial score (nSPS) is 14.4. The summed E-state index contributed by atoms with van der Waals surface area (Å²) in [6, 6.07) is 1.75. The maximum absolute atomic E-state index is 12.7. The lowest BCUT2D eigenvalue weighted by Crippen LogP contribution is -2.30. The van der Waals surface area contributed by atoms with Crippen molar-refractivity contribution >= 4 is 10.0 Å². The van der Waals surface area contributed by atoms with Crippen molar-refractivity contribution < 1.29 is 21.6 Å². The van der Waals surface area contributed by atoms with E-state index in [9.17, 15) is 21.6 Å². The number of hydrogen-bond acceptors (Lipinski definition) is 3. The summed E-state index contributed by atoms with van der Waals surface area (Å²) in [6.45, 7) is 3.74. The third-order valence-electron chi connectivity index (χ3n) is 2.65. The topological polar surface area (TPSA) is 59.1 Å². The highest BCUT2D eigenvalue weighted by atomic mass is 32.2. The van der Waals surface area contributed by atoms with Gasteiger partial charge in [0, 0.05) is 12.7 Å². The van der Waals surface area contributed by atoms with Crippen molar-refractivity contribution in [2.75, 3.05) is 6.54 Å². The molecule has 0 spiro atoms. The Morgan fingerprint density at radius 3 is 2.58 bits per heavy atom. The number of halogens is 3. The Labute approximate surface area is 110 Å². The summed E-state index contributed by atoms with van der Waals surface area (Å²) >= 11 is 0. The molecular formula is C11H15F3N2O2S. The molecule has 1 aromatic rings. The van der Waals surface area contributed by atoms with E-state index in [0.29, 0.717) is 6.07 Å². The van der Waals surface area contributed by atoms with Gasteiger partial charge in [-0.15, -0.1) is 0 Å². The number of nitrogens with one attached hydrogen (secondary N) is 1. The number of sulfonamides is 1. The summed E-state index contributed by atoms with van der Waals surface area (Å²) in [5.41, 5.74) is -1.26. The second-order valence-electron chi connectivity index (χ2n) is 4.22. The Balaban J connectivity index is 3.09. The van der Waals surface area contributed by atoms with Crippen LogP contribution in [0.1, 0.15) is 25.8 Å². The van der Waals surface area contributed by atoms with Gasteiger partial charge in [-0.25, -0.2) is 18.1 Å². The van der Waals surface area contributed by atoms with Crippen molar-refractivity contribution in [1.82, 2.24) is 9.71 Å². The fourth-order valence-electron chi connectivity index (χ4n) is 1.29. The van der Waals surface area contributed by atoms with Gasteiger partial charge in [-0.1, -0.05) is 20.3 Å². The lowest BCUT2D eigenvalue weighted by Gasteiger charge is -2.14. The highest BCUT2D eigenvalue weighted by Gasteiger charge is 2.38. The van der Waals surface area contributed by atoms with E-state index in [1.54, 1.807) is 6.92 Å². The fourth-order valence-corrected chi connectivity index (χ4v) is 2.60. The highest BCUT2D eigenvalue weighted by molar-refractivity contribution is 7.89. The summed E-state index contributed by atoms with van der Waals surface area (Å²) in [6.07, 6.45) is -3.02. The minimum atomic E-state index is -4.76. The van der Waals surface area contributed by atoms with Crippen LogP contribution in [0, 0.1) is 5.92 Å². The predicted octanol–water partition coefficient (Wildman–Crippen LogP) is 2.42. The van der Waals surface area contributed by atoms with E-state index in [1.165, 1.54) is 0 Å². The van der Waals surface area contributed by atoms with Crippen LogP contribution >= 0.6 is 0 Å². The first-order valence-corrected chi connectivity index (χ1v) is 7.18. The van der Waals surface area contributed by atoms with Crippen molar-refractivity contribution in [2.24, 2.45) is 5.92 Å². The van der Waals surface area contributed by atoms with Crippen molar-refractivity contribution in [2.45, 2.75) is 31.5 Å². The van der Waals surface area contributed by atoms with Crippen molar-refractivity contribution in [3.05, 3.63) is 23.9 Å². The summed E-state index contributed by atoms with van der Waals surface area (Å²) in [5.74, 6) is 0.0350. The van der Waals surface area contributed by atoms with Crippen LogP contribution < -0.4 is 4.72 Å². The van der Waals surface area contributed by atoms with Gasteiger partial charge in [0.15, 0.2) is 5.03 Å². The molecule has 1 aromatic heterocycles. The molecule has 1 rings (SSSR count). The number of pyridine rings is 1. The van der Waals surface area contributed by atoms with Gasteiger partial charge in [0.25, 0.3) is 10.0 Å². The highest BCUT2D eigenvalue weighted by Crippen LogP contribution is 2.32. The first-order chi connectivity index (χ1) is 8.68. The van der Waals surface area contributed by atoms with Gasteiger partial charge in [0.2, 0.25) is 0 Å². The summed E-state index contributed by atoms with van der Waals surface area (Å²) < 4.78 is 64.0. The molecule has 1 atom stereocenters. The smallest absolute Gasteiger partial charge is 0.243 e. The minimum absolute atomic E-state index is 0.0350. The lowest BCUT2D eigenvalue weighted by molar-refractivity contribution is -0.140. The van der Waals surface area contributed by atoms with E-state index in [0.717, 1.165) is 18.7 Å². The van der Waals surface area contributed by atoms with E-state index in [4.69, 9.17) is 0 Å². The van der Waals surface area contributed by atoms with Crippen LogP contribution in [0.15, 0.2) is 23.4 Å². The van der Waals surface area contributed by atoms with Crippen LogP contribution in [0.25, 0.3) is 0 Å². The Kier molecular flexibility index (Phi) is 4.92. The molecule has 19 heavy (non-hydrogen) atoms. The summed E-state index contributed by atoms with van der Waals surface area (Å²) in [5, 5.41) is -0.981. The number of nitrogens with zero attached hydrogens (tertiary/aromatic N) is 1. The second-order valence-corrected chi connectivity index (χ2v) is 5.90. The molecule has 0 bridgehead atoms. The average molecular weight is 296 g/mol. The van der Waals surface area contributed by atoms with Gasteiger partial charge in [-0.3, -0.25) is 0 Å². The standard InChI is InChI=1S/C11H15F3N2O2S/c1-3-8(2)7-16-19(17,18)10-9(11(12,13)14)5-4-6-15-10/h4-6,8,16H,3,7H2,1-2H3. The lowest BCUT2D eigenvalue weighted by atomic mass is 10.1. The van der Waals surface area contributed by atoms with Crippen LogP contribution in [-0.2, 0) is 16.2 Å². The Bertz CT molecular complexity index is 529. The molecule has 0 aliphatic heterocycles. The molecule has 0 saturated heterocycles. The molecule has 8 heteroatoms. The van der Waals surface area contributed by atoms with Crippen LogP contribution in [-0.4, -0.2) is 19.9 Å². The van der Waals surface area contributed by atoms with Gasteiger partial charge < -0.3 is 0 Å². The average Bonchev–Trinajstić information content (AvgIpc) is 2.35. The molecule has 0 fully saturated rings. The van der Waals surface area contributed by atoms with Crippen molar-refractivity contribution in [3.63, 3.8) is 0 Å². The van der Waals surface area contributed by atoms with Crippen LogP contribution in [0.4, 0.5) is 13.2 Å². The molecule has 108 valence electrons. The Morgan fingerprint density at radius 1 is 1.42 bits per heavy atom. The van der Waals surface area contributed by atoms with Gasteiger partial charge >= 0.3 is 6.18 Å². The van der Waals surface area contributed by atoms with Gasteiger partial charge in [-0.05, 0) is 18.1 Å². The summed E-state index contributed by atoms with van der Waals surface area (Å²) in [7, 11) is -4.26. The third-order valence-corrected chi connectivity index (χ3v) is 4.03. The maximum atomic E-state index is 12.7. The molecule has 0 amide bonds. The molecular weight excluding hydrogens is 281 g/mol. The van der Waals surface area contributed by atoms with Crippen LogP contribution in [0.5, 0.6) is 0 Å². The van der Waals surface area contributed by atoms with E-state index in [1.807, 2.05) is 6.92 Å². The molecule has 0 radical (unpaired) electrons.